The second-order valence-electron chi connectivity index (χ2n) is 4.31. The van der Waals surface area contributed by atoms with Crippen LogP contribution in [0.2, 0.25) is 5.15 Å². The van der Waals surface area contributed by atoms with E-state index in [4.69, 9.17) is 11.6 Å². The quantitative estimate of drug-likeness (QED) is 0.619. The molecule has 0 radical (unpaired) electrons. The number of nitrogens with zero attached hydrogens (tertiary/aromatic N) is 4. The number of rotatable bonds is 3. The molecule has 0 saturated carbocycles. The maximum Gasteiger partial charge on any atom is 0.267 e. The number of hydrogen-bond acceptors (Lipinski definition) is 6. The number of aromatic amines is 2. The summed E-state index contributed by atoms with van der Waals surface area (Å²) in [6, 6.07) is 0. The van der Waals surface area contributed by atoms with E-state index in [1.807, 2.05) is 0 Å². The highest BCUT2D eigenvalue weighted by molar-refractivity contribution is 7.92. The van der Waals surface area contributed by atoms with Gasteiger partial charge in [-0.1, -0.05) is 11.6 Å². The molecule has 11 heteroatoms. The topological polar surface area (TPSA) is 129 Å². The number of aryl methyl sites for hydroxylation is 2. The lowest BCUT2D eigenvalue weighted by atomic mass is 10.4. The summed E-state index contributed by atoms with van der Waals surface area (Å²) in [6.45, 7) is 3.20. The normalized spacial score (nSPS) is 12.0. The molecule has 3 rings (SSSR count). The minimum Gasteiger partial charge on any atom is -0.341 e. The molecule has 0 aliphatic carbocycles. The highest BCUT2D eigenvalue weighted by atomic mass is 35.5. The number of anilines is 1. The molecule has 3 N–H and O–H groups in total. The average molecular weight is 328 g/mol. The van der Waals surface area contributed by atoms with E-state index in [0.717, 1.165) is 0 Å². The monoisotopic (exact) mass is 327 g/mol. The van der Waals surface area contributed by atoms with Gasteiger partial charge >= 0.3 is 0 Å². The number of nitrogens with one attached hydrogen (secondary N) is 3. The molecule has 110 valence electrons. The number of halogens is 1. The highest BCUT2D eigenvalue weighted by Gasteiger charge is 2.24. The number of hydrogen-bond donors (Lipinski definition) is 3. The van der Waals surface area contributed by atoms with E-state index < -0.39 is 10.0 Å². The van der Waals surface area contributed by atoms with Crippen LogP contribution >= 0.6 is 11.6 Å². The van der Waals surface area contributed by atoms with Crippen molar-refractivity contribution in [1.82, 2.24) is 30.1 Å². The van der Waals surface area contributed by atoms with Gasteiger partial charge in [-0.2, -0.15) is 15.1 Å². The summed E-state index contributed by atoms with van der Waals surface area (Å²) in [7, 11) is -3.87. The molecule has 3 aromatic heterocycles. The Morgan fingerprint density at radius 3 is 2.71 bits per heavy atom. The largest absolute Gasteiger partial charge is 0.341 e. The third-order valence-electron chi connectivity index (χ3n) is 2.80. The van der Waals surface area contributed by atoms with Crippen molar-refractivity contribution in [3.05, 3.63) is 22.9 Å². The summed E-state index contributed by atoms with van der Waals surface area (Å²) < 4.78 is 27.0. The minimum absolute atomic E-state index is 0.0596. The first-order valence-corrected chi connectivity index (χ1v) is 7.65. The van der Waals surface area contributed by atoms with Gasteiger partial charge in [0.1, 0.15) is 10.4 Å². The smallest absolute Gasteiger partial charge is 0.267 e. The van der Waals surface area contributed by atoms with Crippen molar-refractivity contribution in [2.75, 3.05) is 4.72 Å². The van der Waals surface area contributed by atoms with Crippen LogP contribution in [0.4, 0.5) is 5.95 Å². The van der Waals surface area contributed by atoms with Gasteiger partial charge in [0.25, 0.3) is 10.0 Å². The van der Waals surface area contributed by atoms with Crippen LogP contribution in [0, 0.1) is 13.8 Å². The van der Waals surface area contributed by atoms with E-state index in [1.165, 1.54) is 6.33 Å². The van der Waals surface area contributed by atoms with Gasteiger partial charge in [0.05, 0.1) is 17.7 Å². The predicted octanol–water partition coefficient (Wildman–Crippen LogP) is 1.15. The molecule has 0 aliphatic rings. The Hall–Kier alpha value is -2.20. The Morgan fingerprint density at radius 1 is 1.29 bits per heavy atom. The van der Waals surface area contributed by atoms with E-state index in [2.05, 4.69) is 34.9 Å². The van der Waals surface area contributed by atoms with E-state index in [0.29, 0.717) is 16.9 Å². The summed E-state index contributed by atoms with van der Waals surface area (Å²) in [5.74, 6) is -0.153. The summed E-state index contributed by atoms with van der Waals surface area (Å²) >= 11 is 5.94. The molecule has 0 spiro atoms. The van der Waals surface area contributed by atoms with E-state index in [1.54, 1.807) is 13.8 Å². The van der Waals surface area contributed by atoms with Crippen LogP contribution in [0.25, 0.3) is 11.2 Å². The standard InChI is InChI=1S/C10H10ClN7O2S/c1-4-7(5(2)17-16-4)21(19,20)18-10-14-8(11)6-9(15-10)13-3-12-6/h3H,1-2H3,(H,16,17)(H2,12,13,14,15,18). The first kappa shape index (κ1) is 13.8. The number of sulfonamides is 1. The lowest BCUT2D eigenvalue weighted by molar-refractivity contribution is 0.599. The zero-order valence-electron chi connectivity index (χ0n) is 11.0. The van der Waals surface area contributed by atoms with Crippen molar-refractivity contribution in [3.63, 3.8) is 0 Å². The van der Waals surface area contributed by atoms with Crippen LogP contribution in [0.5, 0.6) is 0 Å². The summed E-state index contributed by atoms with van der Waals surface area (Å²) in [4.78, 5) is 14.6. The Labute approximate surface area is 124 Å². The SMILES string of the molecule is Cc1n[nH]c(C)c1S(=O)(=O)Nc1nc(Cl)c2[nH]cnc2n1. The Morgan fingerprint density at radius 2 is 2.05 bits per heavy atom. The molecule has 0 amide bonds. The van der Waals surface area contributed by atoms with E-state index >= 15 is 0 Å². The highest BCUT2D eigenvalue weighted by Crippen LogP contribution is 2.22. The number of aromatic nitrogens is 6. The Kier molecular flexibility index (Phi) is 3.06. The fourth-order valence-corrected chi connectivity index (χ4v) is 3.49. The molecule has 0 saturated heterocycles. The van der Waals surface area contributed by atoms with Gasteiger partial charge in [-0.3, -0.25) is 5.10 Å². The van der Waals surface area contributed by atoms with Gasteiger partial charge in [-0.05, 0) is 13.8 Å². The van der Waals surface area contributed by atoms with Gasteiger partial charge in [0.2, 0.25) is 5.95 Å². The maximum absolute atomic E-state index is 12.4. The first-order valence-electron chi connectivity index (χ1n) is 5.79. The van der Waals surface area contributed by atoms with Gasteiger partial charge in [-0.25, -0.2) is 18.1 Å². The van der Waals surface area contributed by atoms with Crippen LogP contribution in [0.1, 0.15) is 11.4 Å². The van der Waals surface area contributed by atoms with Crippen molar-refractivity contribution >= 4 is 38.7 Å². The molecule has 0 aromatic carbocycles. The third kappa shape index (κ3) is 2.32. The average Bonchev–Trinajstić information content (AvgIpc) is 2.96. The number of imidazole rings is 1. The molecule has 0 unspecified atom stereocenters. The molecule has 9 nitrogen and oxygen atoms in total. The molecule has 3 aromatic rings. The third-order valence-corrected chi connectivity index (χ3v) is 4.66. The molecular weight excluding hydrogens is 318 g/mol. The molecule has 0 fully saturated rings. The zero-order valence-corrected chi connectivity index (χ0v) is 12.5. The molecule has 0 aliphatic heterocycles. The van der Waals surface area contributed by atoms with Crippen molar-refractivity contribution in [2.45, 2.75) is 18.7 Å². The van der Waals surface area contributed by atoms with Crippen molar-refractivity contribution in [1.29, 1.82) is 0 Å². The van der Waals surface area contributed by atoms with Crippen LogP contribution < -0.4 is 4.72 Å². The van der Waals surface area contributed by atoms with Crippen molar-refractivity contribution in [3.8, 4) is 0 Å². The summed E-state index contributed by atoms with van der Waals surface area (Å²) in [5, 5.41) is 6.55. The second-order valence-corrected chi connectivity index (χ2v) is 6.29. The summed E-state index contributed by atoms with van der Waals surface area (Å²) in [5.41, 5.74) is 1.49. The molecule has 0 atom stereocenters. The van der Waals surface area contributed by atoms with E-state index in [9.17, 15) is 8.42 Å². The van der Waals surface area contributed by atoms with Crippen LogP contribution in [-0.4, -0.2) is 38.6 Å². The van der Waals surface area contributed by atoms with Crippen LogP contribution in [-0.2, 0) is 10.0 Å². The molecule has 21 heavy (non-hydrogen) atoms. The maximum atomic E-state index is 12.4. The van der Waals surface area contributed by atoms with Crippen LogP contribution in [0.3, 0.4) is 0 Å². The zero-order chi connectivity index (χ0) is 15.2. The Balaban J connectivity index is 2.05. The van der Waals surface area contributed by atoms with Crippen molar-refractivity contribution < 1.29 is 8.42 Å². The lowest BCUT2D eigenvalue weighted by Crippen LogP contribution is -2.16. The van der Waals surface area contributed by atoms with Gasteiger partial charge in [-0.15, -0.1) is 0 Å². The fraction of sp³-hybridized carbons (Fsp3) is 0.200. The number of fused-ring (bicyclic) bond motifs is 1. The second kappa shape index (κ2) is 4.67. The lowest BCUT2D eigenvalue weighted by Gasteiger charge is -2.06. The minimum atomic E-state index is -3.87. The summed E-state index contributed by atoms with van der Waals surface area (Å²) in [6.07, 6.45) is 1.40. The van der Waals surface area contributed by atoms with Crippen molar-refractivity contribution in [2.24, 2.45) is 0 Å². The van der Waals surface area contributed by atoms with E-state index in [-0.39, 0.29) is 21.6 Å². The predicted molar refractivity (Wildman–Crippen MR) is 75.6 cm³/mol. The van der Waals surface area contributed by atoms with Gasteiger partial charge < -0.3 is 4.98 Å². The van der Waals surface area contributed by atoms with Crippen LogP contribution in [0.15, 0.2) is 11.2 Å². The van der Waals surface area contributed by atoms with Gasteiger partial charge in [0, 0.05) is 0 Å². The van der Waals surface area contributed by atoms with Gasteiger partial charge in [0.15, 0.2) is 10.8 Å². The fourth-order valence-electron chi connectivity index (χ4n) is 1.95. The first-order chi connectivity index (χ1) is 9.88. The Bertz CT molecular complexity index is 911. The molecule has 3 heterocycles. The number of H-pyrrole nitrogens is 2. The molecule has 0 bridgehead atoms. The molecular formula is C10H10ClN7O2S.